The van der Waals surface area contributed by atoms with Crippen LogP contribution in [0, 0.1) is 17.8 Å². The number of rotatable bonds is 4. The largest absolute Gasteiger partial charge is 0.481 e. The van der Waals surface area contributed by atoms with Crippen molar-refractivity contribution in [2.45, 2.75) is 19.3 Å². The molecule has 1 saturated carbocycles. The van der Waals surface area contributed by atoms with Crippen LogP contribution in [0.3, 0.4) is 0 Å². The summed E-state index contributed by atoms with van der Waals surface area (Å²) in [5, 5.41) is 8.80. The normalized spacial score (nSPS) is 29.1. The van der Waals surface area contributed by atoms with Crippen molar-refractivity contribution in [3.8, 4) is 0 Å². The molecule has 1 aliphatic heterocycles. The van der Waals surface area contributed by atoms with Crippen molar-refractivity contribution in [1.82, 2.24) is 4.90 Å². The first kappa shape index (κ1) is 12.4. The summed E-state index contributed by atoms with van der Waals surface area (Å²) in [4.78, 5) is 24.5. The number of carboxylic acids is 1. The van der Waals surface area contributed by atoms with Gasteiger partial charge >= 0.3 is 5.97 Å². The molecule has 1 N–H and O–H groups in total. The Balaban J connectivity index is 1.78. The zero-order valence-electron chi connectivity index (χ0n) is 10.1. The lowest BCUT2D eigenvalue weighted by Crippen LogP contribution is -2.40. The number of carboxylic acid groups (broad SMARTS) is 1. The van der Waals surface area contributed by atoms with Crippen LogP contribution in [0.1, 0.15) is 19.3 Å². The molecule has 96 valence electrons. The molecule has 0 aromatic rings. The van der Waals surface area contributed by atoms with Crippen LogP contribution < -0.4 is 0 Å². The highest BCUT2D eigenvalue weighted by Crippen LogP contribution is 2.40. The average molecular weight is 241 g/mol. The Kier molecular flexibility index (Phi) is 3.66. The number of ether oxygens (including phenoxy) is 1. The van der Waals surface area contributed by atoms with E-state index in [1.54, 1.807) is 7.11 Å². The predicted molar refractivity (Wildman–Crippen MR) is 60.4 cm³/mol. The number of likely N-dealkylation sites (tertiary alicyclic amines) is 1. The zero-order valence-corrected chi connectivity index (χ0v) is 10.1. The number of hydrogen-bond acceptors (Lipinski definition) is 3. The molecule has 0 spiro atoms. The van der Waals surface area contributed by atoms with Gasteiger partial charge in [-0.25, -0.2) is 0 Å². The highest BCUT2D eigenvalue weighted by molar-refractivity contribution is 5.89. The Labute approximate surface area is 101 Å². The summed E-state index contributed by atoms with van der Waals surface area (Å²) >= 11 is 0. The maximum Gasteiger partial charge on any atom is 0.307 e. The van der Waals surface area contributed by atoms with E-state index in [-0.39, 0.29) is 11.8 Å². The van der Waals surface area contributed by atoms with Crippen LogP contribution in [0.25, 0.3) is 0 Å². The van der Waals surface area contributed by atoms with Crippen molar-refractivity contribution in [3.63, 3.8) is 0 Å². The molecule has 0 unspecified atom stereocenters. The van der Waals surface area contributed by atoms with Crippen LogP contribution in [-0.2, 0) is 14.3 Å². The maximum atomic E-state index is 12.0. The molecule has 1 heterocycles. The summed E-state index contributed by atoms with van der Waals surface area (Å²) < 4.78 is 5.10. The molecule has 5 nitrogen and oxygen atoms in total. The van der Waals surface area contributed by atoms with Crippen LogP contribution >= 0.6 is 0 Å². The molecule has 1 aliphatic carbocycles. The number of piperidine rings is 1. The Morgan fingerprint density at radius 2 is 1.94 bits per heavy atom. The van der Waals surface area contributed by atoms with E-state index in [4.69, 9.17) is 9.84 Å². The summed E-state index contributed by atoms with van der Waals surface area (Å²) in [7, 11) is 1.69. The van der Waals surface area contributed by atoms with Gasteiger partial charge in [-0.1, -0.05) is 0 Å². The number of amides is 1. The first-order chi connectivity index (χ1) is 8.13. The molecule has 0 aromatic carbocycles. The van der Waals surface area contributed by atoms with E-state index in [0.717, 1.165) is 32.5 Å². The third-order valence-corrected chi connectivity index (χ3v) is 3.75. The predicted octanol–water partition coefficient (Wildman–Crippen LogP) is 0.592. The second-order valence-corrected chi connectivity index (χ2v) is 5.01. The van der Waals surface area contributed by atoms with Crippen molar-refractivity contribution >= 4 is 11.9 Å². The third kappa shape index (κ3) is 2.77. The molecule has 0 bridgehead atoms. The van der Waals surface area contributed by atoms with E-state index in [9.17, 15) is 9.59 Å². The SMILES string of the molecule is COCC1CCN(C(=O)[C@@H]2C[C@@H]2C(=O)O)CC1. The number of methoxy groups -OCH3 is 1. The van der Waals surface area contributed by atoms with E-state index in [1.165, 1.54) is 0 Å². The van der Waals surface area contributed by atoms with Gasteiger partial charge < -0.3 is 14.7 Å². The van der Waals surface area contributed by atoms with Gasteiger partial charge in [-0.05, 0) is 25.2 Å². The number of nitrogens with zero attached hydrogens (tertiary/aromatic N) is 1. The lowest BCUT2D eigenvalue weighted by molar-refractivity contribution is -0.142. The monoisotopic (exact) mass is 241 g/mol. The number of aliphatic carboxylic acids is 1. The Bertz CT molecular complexity index is 310. The average Bonchev–Trinajstić information content (AvgIpc) is 3.09. The summed E-state index contributed by atoms with van der Waals surface area (Å²) in [6, 6.07) is 0. The molecule has 1 saturated heterocycles. The molecule has 0 radical (unpaired) electrons. The minimum Gasteiger partial charge on any atom is -0.481 e. The summed E-state index contributed by atoms with van der Waals surface area (Å²) in [6.45, 7) is 2.24. The molecule has 0 aromatic heterocycles. The van der Waals surface area contributed by atoms with Gasteiger partial charge in [0.2, 0.25) is 5.91 Å². The Hall–Kier alpha value is -1.10. The van der Waals surface area contributed by atoms with Gasteiger partial charge in [-0.15, -0.1) is 0 Å². The quantitative estimate of drug-likeness (QED) is 0.782. The zero-order chi connectivity index (χ0) is 12.4. The van der Waals surface area contributed by atoms with E-state index in [0.29, 0.717) is 12.3 Å². The minimum atomic E-state index is -0.836. The summed E-state index contributed by atoms with van der Waals surface area (Å²) in [5.74, 6) is -0.949. The number of hydrogen-bond donors (Lipinski definition) is 1. The summed E-state index contributed by atoms with van der Waals surface area (Å²) in [6.07, 6.45) is 2.44. The van der Waals surface area contributed by atoms with Gasteiger partial charge in [0.05, 0.1) is 11.8 Å². The number of carbonyl (C=O) groups excluding carboxylic acids is 1. The van der Waals surface area contributed by atoms with E-state index < -0.39 is 11.9 Å². The van der Waals surface area contributed by atoms with E-state index >= 15 is 0 Å². The van der Waals surface area contributed by atoms with Crippen LogP contribution in [0.15, 0.2) is 0 Å². The van der Waals surface area contributed by atoms with Crippen LogP contribution in [-0.4, -0.2) is 48.7 Å². The second-order valence-electron chi connectivity index (χ2n) is 5.01. The van der Waals surface area contributed by atoms with Gasteiger partial charge in [0.25, 0.3) is 0 Å². The lowest BCUT2D eigenvalue weighted by atomic mass is 9.97. The number of carbonyl (C=O) groups is 2. The van der Waals surface area contributed by atoms with Gasteiger partial charge in [0.1, 0.15) is 0 Å². The molecular formula is C12H19NO4. The standard InChI is InChI=1S/C12H19NO4/c1-17-7-8-2-4-13(5-3-8)11(14)9-6-10(9)12(15)16/h8-10H,2-7H2,1H3,(H,15,16)/t9-,10+/m1/s1. The fourth-order valence-corrected chi connectivity index (χ4v) is 2.53. The van der Waals surface area contributed by atoms with E-state index in [1.807, 2.05) is 4.90 Å². The van der Waals surface area contributed by atoms with Gasteiger partial charge in [-0.2, -0.15) is 0 Å². The van der Waals surface area contributed by atoms with Crippen molar-refractivity contribution in [2.75, 3.05) is 26.8 Å². The fraction of sp³-hybridized carbons (Fsp3) is 0.833. The summed E-state index contributed by atoms with van der Waals surface area (Å²) in [5.41, 5.74) is 0. The highest BCUT2D eigenvalue weighted by atomic mass is 16.5. The molecule has 2 rings (SSSR count). The molecule has 1 amide bonds. The first-order valence-electron chi connectivity index (χ1n) is 6.14. The maximum absolute atomic E-state index is 12.0. The molecule has 2 fully saturated rings. The molecule has 17 heavy (non-hydrogen) atoms. The molecule has 2 atom stereocenters. The topological polar surface area (TPSA) is 66.8 Å². The molecule has 5 heteroatoms. The van der Waals surface area contributed by atoms with Crippen molar-refractivity contribution in [1.29, 1.82) is 0 Å². The van der Waals surface area contributed by atoms with Crippen LogP contribution in [0.2, 0.25) is 0 Å². The smallest absolute Gasteiger partial charge is 0.307 e. The van der Waals surface area contributed by atoms with Crippen molar-refractivity contribution < 1.29 is 19.4 Å². The van der Waals surface area contributed by atoms with Gasteiger partial charge in [0, 0.05) is 26.8 Å². The van der Waals surface area contributed by atoms with E-state index in [2.05, 4.69) is 0 Å². The first-order valence-corrected chi connectivity index (χ1v) is 6.14. The third-order valence-electron chi connectivity index (χ3n) is 3.75. The van der Waals surface area contributed by atoms with Crippen molar-refractivity contribution in [3.05, 3.63) is 0 Å². The van der Waals surface area contributed by atoms with Gasteiger partial charge in [0.15, 0.2) is 0 Å². The highest BCUT2D eigenvalue weighted by Gasteiger charge is 2.49. The Morgan fingerprint density at radius 3 is 2.41 bits per heavy atom. The molecular weight excluding hydrogens is 222 g/mol. The van der Waals surface area contributed by atoms with Gasteiger partial charge in [-0.3, -0.25) is 9.59 Å². The minimum absolute atomic E-state index is 0.0354. The second kappa shape index (κ2) is 5.04. The van der Waals surface area contributed by atoms with Crippen LogP contribution in [0.5, 0.6) is 0 Å². The molecule has 2 aliphatic rings. The van der Waals surface area contributed by atoms with Crippen molar-refractivity contribution in [2.24, 2.45) is 17.8 Å². The van der Waals surface area contributed by atoms with Crippen LogP contribution in [0.4, 0.5) is 0 Å². The lowest BCUT2D eigenvalue weighted by Gasteiger charge is -2.31. The fourth-order valence-electron chi connectivity index (χ4n) is 2.53. The Morgan fingerprint density at radius 1 is 1.29 bits per heavy atom.